The van der Waals surface area contributed by atoms with Gasteiger partial charge in [-0.25, -0.2) is 9.78 Å². The highest BCUT2D eigenvalue weighted by molar-refractivity contribution is 7.98. The van der Waals surface area contributed by atoms with Crippen LogP contribution in [0.15, 0.2) is 12.5 Å². The predicted molar refractivity (Wildman–Crippen MR) is 135 cm³/mol. The summed E-state index contributed by atoms with van der Waals surface area (Å²) in [5.74, 6) is -3.62. The molecule has 0 bridgehead atoms. The minimum absolute atomic E-state index is 0.181. The number of aliphatic carboxylic acids is 1. The lowest BCUT2D eigenvalue weighted by atomic mass is 9.97. The summed E-state index contributed by atoms with van der Waals surface area (Å²) in [7, 11) is 0. The van der Waals surface area contributed by atoms with Crippen LogP contribution in [0.2, 0.25) is 0 Å². The van der Waals surface area contributed by atoms with E-state index < -0.39 is 53.8 Å². The Hall–Kier alpha value is -3.13. The van der Waals surface area contributed by atoms with Gasteiger partial charge in [-0.3, -0.25) is 19.2 Å². The number of carboxylic acid groups (broad SMARTS) is 1. The Kier molecular flexibility index (Phi) is 13.5. The number of hydrogen-bond acceptors (Lipinski definition) is 8. The zero-order valence-corrected chi connectivity index (χ0v) is 21.6. The quantitative estimate of drug-likeness (QED) is 0.130. The number of primary amides is 1. The normalized spacial score (nSPS) is 15.1. The Morgan fingerprint density at radius 1 is 1.08 bits per heavy atom. The van der Waals surface area contributed by atoms with Gasteiger partial charge in [0.1, 0.15) is 18.1 Å². The van der Waals surface area contributed by atoms with Crippen LogP contribution in [-0.2, 0) is 30.4 Å². The SMILES string of the molecule is CCC(C)C(NC(=O)C(N)Cc1cnc[nH]1)C(=O)NC(CCSC)C(=O)NC(CCC(N)=O)C(=O)O. The highest BCUT2D eigenvalue weighted by Gasteiger charge is 2.32. The van der Waals surface area contributed by atoms with Crippen molar-refractivity contribution in [2.24, 2.45) is 17.4 Å². The zero-order valence-electron chi connectivity index (χ0n) is 20.8. The summed E-state index contributed by atoms with van der Waals surface area (Å²) >= 11 is 1.45. The van der Waals surface area contributed by atoms with Gasteiger partial charge in [-0.15, -0.1) is 0 Å². The lowest BCUT2D eigenvalue weighted by Gasteiger charge is -2.28. The number of nitrogens with two attached hydrogens (primary N) is 2. The van der Waals surface area contributed by atoms with Crippen molar-refractivity contribution in [2.45, 2.75) is 70.1 Å². The number of H-pyrrole nitrogens is 1. The summed E-state index contributed by atoms with van der Waals surface area (Å²) in [4.78, 5) is 68.1. The monoisotopic (exact) mass is 527 g/mol. The average Bonchev–Trinajstić information content (AvgIpc) is 3.34. The van der Waals surface area contributed by atoms with Crippen molar-refractivity contribution >= 4 is 41.4 Å². The van der Waals surface area contributed by atoms with Gasteiger partial charge in [0.15, 0.2) is 0 Å². The molecule has 1 rings (SSSR count). The first-order valence-electron chi connectivity index (χ1n) is 11.6. The number of aromatic nitrogens is 2. The molecule has 0 aliphatic carbocycles. The highest BCUT2D eigenvalue weighted by atomic mass is 32.2. The number of carbonyl (C=O) groups excluding carboxylic acids is 4. The molecule has 9 N–H and O–H groups in total. The molecule has 14 heteroatoms. The fourth-order valence-corrected chi connectivity index (χ4v) is 3.74. The Balaban J connectivity index is 2.94. The molecule has 5 unspecified atom stereocenters. The molecule has 0 fully saturated rings. The molecular formula is C22H37N7O6S. The van der Waals surface area contributed by atoms with Crippen LogP contribution in [0.1, 0.15) is 45.2 Å². The van der Waals surface area contributed by atoms with Crippen molar-refractivity contribution in [3.8, 4) is 0 Å². The van der Waals surface area contributed by atoms with E-state index >= 15 is 0 Å². The molecule has 0 saturated heterocycles. The summed E-state index contributed by atoms with van der Waals surface area (Å²) in [6, 6.07) is -4.29. The summed E-state index contributed by atoms with van der Waals surface area (Å²) < 4.78 is 0. The van der Waals surface area contributed by atoms with E-state index in [9.17, 15) is 29.1 Å². The molecule has 13 nitrogen and oxygen atoms in total. The summed E-state index contributed by atoms with van der Waals surface area (Å²) in [6.45, 7) is 3.64. The van der Waals surface area contributed by atoms with Gasteiger partial charge in [0.2, 0.25) is 23.6 Å². The van der Waals surface area contributed by atoms with Gasteiger partial charge in [-0.2, -0.15) is 11.8 Å². The van der Waals surface area contributed by atoms with Gasteiger partial charge in [-0.1, -0.05) is 20.3 Å². The third-order valence-corrected chi connectivity index (χ3v) is 6.31. The molecule has 5 atom stereocenters. The van der Waals surface area contributed by atoms with Crippen molar-refractivity contribution < 1.29 is 29.1 Å². The fourth-order valence-electron chi connectivity index (χ4n) is 3.27. The van der Waals surface area contributed by atoms with E-state index in [4.69, 9.17) is 11.5 Å². The number of aromatic amines is 1. The largest absolute Gasteiger partial charge is 0.480 e. The maximum atomic E-state index is 13.2. The standard InChI is InChI=1S/C22H37N7O6S/c1-4-12(2)18(29-19(31)14(23)9-13-10-25-11-26-13)21(33)27-15(7-8-36-3)20(32)28-16(22(34)35)5-6-17(24)30/h10-12,14-16,18H,4-9,23H2,1-3H3,(H2,24,30)(H,25,26)(H,27,33)(H,28,32)(H,29,31)(H,34,35). The number of rotatable bonds is 17. The van der Waals surface area contributed by atoms with Crippen molar-refractivity contribution in [3.05, 3.63) is 18.2 Å². The van der Waals surface area contributed by atoms with Gasteiger partial charge < -0.3 is 37.5 Å². The summed E-state index contributed by atoms with van der Waals surface area (Å²) in [6.07, 6.45) is 5.42. The Morgan fingerprint density at radius 2 is 1.75 bits per heavy atom. The minimum Gasteiger partial charge on any atom is -0.480 e. The number of thioether (sulfide) groups is 1. The second-order valence-electron chi connectivity index (χ2n) is 8.51. The molecule has 0 spiro atoms. The topological polar surface area (TPSA) is 222 Å². The fraction of sp³-hybridized carbons (Fsp3) is 0.636. The molecular weight excluding hydrogens is 490 g/mol. The number of amides is 4. The lowest BCUT2D eigenvalue weighted by Crippen LogP contribution is -2.59. The first-order valence-corrected chi connectivity index (χ1v) is 13.0. The number of hydrogen-bond donors (Lipinski definition) is 7. The van der Waals surface area contributed by atoms with E-state index in [2.05, 4.69) is 25.9 Å². The number of imidazole rings is 1. The van der Waals surface area contributed by atoms with Crippen molar-refractivity contribution in [2.75, 3.05) is 12.0 Å². The Bertz CT molecular complexity index is 882. The third kappa shape index (κ3) is 10.6. The van der Waals surface area contributed by atoms with Gasteiger partial charge in [-0.05, 0) is 30.8 Å². The van der Waals surface area contributed by atoms with Gasteiger partial charge in [0.05, 0.1) is 12.4 Å². The molecule has 202 valence electrons. The predicted octanol–water partition coefficient (Wildman–Crippen LogP) is -1.12. The van der Waals surface area contributed by atoms with Crippen LogP contribution in [-0.4, -0.2) is 80.8 Å². The molecule has 0 aliphatic rings. The summed E-state index contributed by atoms with van der Waals surface area (Å²) in [5.41, 5.74) is 11.8. The van der Waals surface area contributed by atoms with E-state index in [1.165, 1.54) is 18.1 Å². The van der Waals surface area contributed by atoms with E-state index in [1.54, 1.807) is 13.1 Å². The average molecular weight is 528 g/mol. The van der Waals surface area contributed by atoms with E-state index in [-0.39, 0.29) is 31.6 Å². The number of carboxylic acids is 1. The van der Waals surface area contributed by atoms with E-state index in [0.29, 0.717) is 17.9 Å². The second-order valence-corrected chi connectivity index (χ2v) is 9.49. The van der Waals surface area contributed by atoms with Crippen LogP contribution in [0.4, 0.5) is 0 Å². The van der Waals surface area contributed by atoms with Gasteiger partial charge in [0, 0.05) is 24.7 Å². The van der Waals surface area contributed by atoms with Crippen molar-refractivity contribution in [1.82, 2.24) is 25.9 Å². The van der Waals surface area contributed by atoms with Crippen LogP contribution in [0.25, 0.3) is 0 Å². The second kappa shape index (κ2) is 15.8. The van der Waals surface area contributed by atoms with Crippen LogP contribution in [0, 0.1) is 5.92 Å². The maximum absolute atomic E-state index is 13.2. The molecule has 4 amide bonds. The van der Waals surface area contributed by atoms with Crippen LogP contribution >= 0.6 is 11.8 Å². The molecule has 0 aromatic carbocycles. The van der Waals surface area contributed by atoms with Crippen LogP contribution < -0.4 is 27.4 Å². The molecule has 1 heterocycles. The number of nitrogens with zero attached hydrogens (tertiary/aromatic N) is 1. The van der Waals surface area contributed by atoms with Gasteiger partial charge >= 0.3 is 5.97 Å². The first kappa shape index (κ1) is 30.9. The van der Waals surface area contributed by atoms with E-state index in [0.717, 1.165) is 0 Å². The lowest BCUT2D eigenvalue weighted by molar-refractivity contribution is -0.142. The minimum atomic E-state index is -1.34. The number of carbonyl (C=O) groups is 5. The highest BCUT2D eigenvalue weighted by Crippen LogP contribution is 2.11. The van der Waals surface area contributed by atoms with Crippen LogP contribution in [0.5, 0.6) is 0 Å². The summed E-state index contributed by atoms with van der Waals surface area (Å²) in [5, 5.41) is 17.1. The maximum Gasteiger partial charge on any atom is 0.326 e. The first-order chi connectivity index (χ1) is 17.0. The molecule has 1 aromatic heterocycles. The smallest absolute Gasteiger partial charge is 0.326 e. The molecule has 0 radical (unpaired) electrons. The molecule has 0 aliphatic heterocycles. The van der Waals surface area contributed by atoms with Crippen molar-refractivity contribution in [1.29, 1.82) is 0 Å². The number of nitrogens with one attached hydrogen (secondary N) is 4. The Morgan fingerprint density at radius 3 is 2.28 bits per heavy atom. The molecule has 1 aromatic rings. The Labute approximate surface area is 214 Å². The molecule has 36 heavy (non-hydrogen) atoms. The van der Waals surface area contributed by atoms with Crippen LogP contribution in [0.3, 0.4) is 0 Å². The van der Waals surface area contributed by atoms with Crippen molar-refractivity contribution in [3.63, 3.8) is 0 Å². The third-order valence-electron chi connectivity index (χ3n) is 5.66. The van der Waals surface area contributed by atoms with E-state index in [1.807, 2.05) is 13.2 Å². The zero-order chi connectivity index (χ0) is 27.3. The molecule has 0 saturated carbocycles. The van der Waals surface area contributed by atoms with Gasteiger partial charge in [0.25, 0.3) is 0 Å².